The van der Waals surface area contributed by atoms with Crippen LogP contribution in [0.15, 0.2) is 30.3 Å². The van der Waals surface area contributed by atoms with Gasteiger partial charge in [0.25, 0.3) is 0 Å². The summed E-state index contributed by atoms with van der Waals surface area (Å²) < 4.78 is 5.30. The van der Waals surface area contributed by atoms with Crippen molar-refractivity contribution in [3.8, 4) is 6.07 Å². The van der Waals surface area contributed by atoms with Gasteiger partial charge in [0.1, 0.15) is 6.10 Å². The average Bonchev–Trinajstić information content (AvgIpc) is 2.74. The van der Waals surface area contributed by atoms with E-state index in [2.05, 4.69) is 23.1 Å². The maximum absolute atomic E-state index is 11.5. The Morgan fingerprint density at radius 3 is 2.75 bits per heavy atom. The number of rotatable bonds is 7. The summed E-state index contributed by atoms with van der Waals surface area (Å²) in [6, 6.07) is 10.1. The maximum atomic E-state index is 11.5. The quantitative estimate of drug-likeness (QED) is 0.785. The summed E-state index contributed by atoms with van der Waals surface area (Å²) in [6.45, 7) is 3.18. The third-order valence-electron chi connectivity index (χ3n) is 6.36. The normalized spacial score (nSPS) is 24.2. The summed E-state index contributed by atoms with van der Waals surface area (Å²) in [7, 11) is 1.58. The summed E-state index contributed by atoms with van der Waals surface area (Å²) in [5.74, 6) is 0.685. The van der Waals surface area contributed by atoms with Crippen molar-refractivity contribution >= 4 is 11.5 Å². The van der Waals surface area contributed by atoms with E-state index in [0.29, 0.717) is 0 Å². The summed E-state index contributed by atoms with van der Waals surface area (Å²) in [6.07, 6.45) is 8.53. The highest BCUT2D eigenvalue weighted by Crippen LogP contribution is 2.34. The molecule has 0 bridgehead atoms. The molecule has 1 unspecified atom stereocenters. The lowest BCUT2D eigenvalue weighted by Gasteiger charge is -2.33. The van der Waals surface area contributed by atoms with Crippen molar-refractivity contribution in [2.45, 2.75) is 44.6 Å². The minimum Gasteiger partial charge on any atom is -0.371 e. The molecular weight excluding hydrogens is 350 g/mol. The lowest BCUT2D eigenvalue weighted by Crippen LogP contribution is -2.39. The van der Waals surface area contributed by atoms with E-state index in [0.717, 1.165) is 63.2 Å². The predicted molar refractivity (Wildman–Crippen MR) is 110 cm³/mol. The Morgan fingerprint density at radius 1 is 1.36 bits per heavy atom. The van der Waals surface area contributed by atoms with E-state index in [4.69, 9.17) is 15.7 Å². The van der Waals surface area contributed by atoms with E-state index in [1.807, 2.05) is 18.2 Å². The number of benzene rings is 1. The molecule has 0 spiro atoms. The monoisotopic (exact) mass is 381 g/mol. The van der Waals surface area contributed by atoms with Crippen LogP contribution in [0.5, 0.6) is 0 Å². The Morgan fingerprint density at radius 2 is 2.14 bits per heavy atom. The van der Waals surface area contributed by atoms with Gasteiger partial charge in [-0.15, -0.1) is 0 Å². The molecule has 1 aliphatic carbocycles. The Kier molecular flexibility index (Phi) is 7.24. The van der Waals surface area contributed by atoms with Crippen LogP contribution in [0.2, 0.25) is 0 Å². The van der Waals surface area contributed by atoms with Crippen molar-refractivity contribution in [3.05, 3.63) is 41.5 Å². The van der Waals surface area contributed by atoms with Crippen molar-refractivity contribution in [1.29, 1.82) is 5.26 Å². The molecule has 1 fully saturated rings. The number of carbonyl (C=O) groups excluding carboxylic acids is 1. The fraction of sp³-hybridized carbons (Fsp3) is 0.565. The second-order valence-electron chi connectivity index (χ2n) is 8.10. The molecule has 28 heavy (non-hydrogen) atoms. The van der Waals surface area contributed by atoms with Gasteiger partial charge >= 0.3 is 0 Å². The first-order chi connectivity index (χ1) is 13.6. The fourth-order valence-electron chi connectivity index (χ4n) is 4.65. The lowest BCUT2D eigenvalue weighted by molar-refractivity contribution is -0.131. The third kappa shape index (κ3) is 5.21. The number of ether oxygens (including phenoxy) is 1. The largest absolute Gasteiger partial charge is 0.371 e. The highest BCUT2D eigenvalue weighted by atomic mass is 16.5. The van der Waals surface area contributed by atoms with Crippen LogP contribution in [0.3, 0.4) is 0 Å². The van der Waals surface area contributed by atoms with Crippen molar-refractivity contribution in [2.75, 3.05) is 26.7 Å². The zero-order valence-electron chi connectivity index (χ0n) is 16.8. The fourth-order valence-corrected chi connectivity index (χ4v) is 4.65. The molecule has 1 saturated carbocycles. The van der Waals surface area contributed by atoms with Crippen molar-refractivity contribution in [3.63, 3.8) is 0 Å². The molecule has 1 aromatic rings. The molecule has 1 atom stereocenters. The number of nitrogens with two attached hydrogens (primary N) is 1. The minimum absolute atomic E-state index is 0.281. The molecular formula is C23H31N3O2. The number of carbonyl (C=O) groups is 1. The molecule has 0 saturated heterocycles. The number of primary amides is 1. The molecule has 0 aromatic heterocycles. The molecule has 1 amide bonds. The van der Waals surface area contributed by atoms with E-state index in [-0.39, 0.29) is 11.8 Å². The van der Waals surface area contributed by atoms with Gasteiger partial charge in [0, 0.05) is 20.2 Å². The Balaban J connectivity index is 1.43. The Labute approximate surface area is 168 Å². The van der Waals surface area contributed by atoms with Gasteiger partial charge in [-0.1, -0.05) is 31.1 Å². The van der Waals surface area contributed by atoms with Crippen LogP contribution in [0.1, 0.15) is 49.7 Å². The van der Waals surface area contributed by atoms with Crippen LogP contribution < -0.4 is 5.73 Å². The van der Waals surface area contributed by atoms with E-state index in [1.165, 1.54) is 17.6 Å². The highest BCUT2D eigenvalue weighted by molar-refractivity contribution is 5.79. The van der Waals surface area contributed by atoms with Gasteiger partial charge in [0.2, 0.25) is 5.91 Å². The number of amides is 1. The third-order valence-corrected chi connectivity index (χ3v) is 6.36. The number of hydrogen-bond acceptors (Lipinski definition) is 4. The Bertz CT molecular complexity index is 744. The zero-order chi connectivity index (χ0) is 19.9. The number of nitriles is 1. The molecule has 0 radical (unpaired) electrons. The second-order valence-corrected chi connectivity index (χ2v) is 8.10. The molecule has 2 aliphatic rings. The van der Waals surface area contributed by atoms with Crippen LogP contribution in [0.25, 0.3) is 5.57 Å². The first-order valence-electron chi connectivity index (χ1n) is 10.3. The zero-order valence-corrected chi connectivity index (χ0v) is 16.8. The van der Waals surface area contributed by atoms with Crippen molar-refractivity contribution in [2.24, 2.45) is 17.6 Å². The number of hydrogen-bond donors (Lipinski definition) is 1. The Hall–Kier alpha value is -2.16. The van der Waals surface area contributed by atoms with E-state index in [9.17, 15) is 4.79 Å². The highest BCUT2D eigenvalue weighted by Gasteiger charge is 2.31. The standard InChI is InChI=1S/C23H31N3O2/c1-28-22(23(25)27)20-7-5-17(6-8-20)9-12-26-13-10-19(11-14-26)21-4-2-3-18(15-21)16-24/h2-4,10,15,17,20,22H,5-9,11-14H2,1H3,(H2,25,27). The molecule has 1 aliphatic heterocycles. The smallest absolute Gasteiger partial charge is 0.246 e. The lowest BCUT2D eigenvalue weighted by atomic mass is 9.78. The maximum Gasteiger partial charge on any atom is 0.246 e. The molecule has 150 valence electrons. The summed E-state index contributed by atoms with van der Waals surface area (Å²) in [5.41, 5.74) is 8.70. The topological polar surface area (TPSA) is 79.3 Å². The van der Waals surface area contributed by atoms with Gasteiger partial charge in [0.15, 0.2) is 0 Å². The van der Waals surface area contributed by atoms with Crippen LogP contribution in [-0.4, -0.2) is 43.7 Å². The molecule has 1 heterocycles. The van der Waals surface area contributed by atoms with Gasteiger partial charge in [0.05, 0.1) is 11.6 Å². The van der Waals surface area contributed by atoms with Crippen LogP contribution in [0.4, 0.5) is 0 Å². The van der Waals surface area contributed by atoms with E-state index < -0.39 is 6.10 Å². The molecule has 2 N–H and O–H groups in total. The van der Waals surface area contributed by atoms with Gasteiger partial charge in [-0.3, -0.25) is 9.69 Å². The number of methoxy groups -OCH3 is 1. The van der Waals surface area contributed by atoms with Crippen LogP contribution in [-0.2, 0) is 9.53 Å². The van der Waals surface area contributed by atoms with Crippen molar-refractivity contribution in [1.82, 2.24) is 4.90 Å². The molecule has 1 aromatic carbocycles. The SMILES string of the molecule is COC(C(N)=O)C1CCC(CCN2CC=C(c3cccc(C#N)c3)CC2)CC1. The summed E-state index contributed by atoms with van der Waals surface area (Å²) in [4.78, 5) is 14.0. The van der Waals surface area contributed by atoms with Crippen LogP contribution >= 0.6 is 0 Å². The molecule has 5 heteroatoms. The van der Waals surface area contributed by atoms with Crippen molar-refractivity contribution < 1.29 is 9.53 Å². The van der Waals surface area contributed by atoms with Gasteiger partial charge in [-0.2, -0.15) is 5.26 Å². The second kappa shape index (κ2) is 9.86. The summed E-state index contributed by atoms with van der Waals surface area (Å²) >= 11 is 0. The first-order valence-corrected chi connectivity index (χ1v) is 10.3. The summed E-state index contributed by atoms with van der Waals surface area (Å²) in [5, 5.41) is 9.08. The average molecular weight is 382 g/mol. The van der Waals surface area contributed by atoms with Gasteiger partial charge in [-0.05, 0) is 67.3 Å². The van der Waals surface area contributed by atoms with Crippen LogP contribution in [0, 0.1) is 23.2 Å². The predicted octanol–water partition coefficient (Wildman–Crippen LogP) is 3.34. The van der Waals surface area contributed by atoms with Gasteiger partial charge < -0.3 is 10.5 Å². The molecule has 5 nitrogen and oxygen atoms in total. The van der Waals surface area contributed by atoms with E-state index >= 15 is 0 Å². The number of nitrogens with zero attached hydrogens (tertiary/aromatic N) is 2. The van der Waals surface area contributed by atoms with Gasteiger partial charge in [-0.25, -0.2) is 0 Å². The first kappa shape index (κ1) is 20.6. The van der Waals surface area contributed by atoms with E-state index in [1.54, 1.807) is 7.11 Å². The molecule has 3 rings (SSSR count). The minimum atomic E-state index is -0.425.